The molecule has 0 fully saturated rings. The van der Waals surface area contributed by atoms with Gasteiger partial charge in [-0.3, -0.25) is 0 Å². The van der Waals surface area contributed by atoms with Crippen LogP contribution in [0.3, 0.4) is 0 Å². The Kier molecular flexibility index (Phi) is 4.82. The number of hydrogen-bond acceptors (Lipinski definition) is 5. The molecule has 4 nitrogen and oxygen atoms in total. The Labute approximate surface area is 97.7 Å². The summed E-state index contributed by atoms with van der Waals surface area (Å²) in [6.07, 6.45) is 1.53. The second-order valence-corrected chi connectivity index (χ2v) is 4.18. The number of nitrogens with zero attached hydrogens (tertiary/aromatic N) is 2. The summed E-state index contributed by atoms with van der Waals surface area (Å²) < 4.78 is 3.89. The summed E-state index contributed by atoms with van der Waals surface area (Å²) in [5.74, 6) is 0. The summed E-state index contributed by atoms with van der Waals surface area (Å²) in [4.78, 5) is 0. The van der Waals surface area contributed by atoms with Crippen LogP contribution in [0.2, 0.25) is 5.15 Å². The zero-order valence-electron chi connectivity index (χ0n) is 8.33. The lowest BCUT2D eigenvalue weighted by atomic mass is 10.1. The quantitative estimate of drug-likeness (QED) is 0.835. The topological polar surface area (TPSA) is 68.9 Å². The van der Waals surface area contributed by atoms with Crippen molar-refractivity contribution >= 4 is 28.1 Å². The number of aliphatic hydroxyl groups is 1. The minimum absolute atomic E-state index is 0.125. The Hall–Kier alpha value is -0.830. The van der Waals surface area contributed by atoms with Crippen LogP contribution < -0.4 is 5.32 Å². The minimum Gasteiger partial charge on any atom is -0.396 e. The van der Waals surface area contributed by atoms with Crippen molar-refractivity contribution in [2.45, 2.75) is 25.8 Å². The second kappa shape index (κ2) is 5.91. The van der Waals surface area contributed by atoms with E-state index in [2.05, 4.69) is 9.69 Å². The van der Waals surface area contributed by atoms with Gasteiger partial charge in [0.2, 0.25) is 0 Å². The van der Waals surface area contributed by atoms with E-state index in [9.17, 15) is 0 Å². The molecule has 0 radical (unpaired) electrons. The van der Waals surface area contributed by atoms with Crippen LogP contribution >= 0.6 is 23.1 Å². The molecule has 0 spiro atoms. The predicted molar refractivity (Wildman–Crippen MR) is 61.2 cm³/mol. The lowest BCUT2D eigenvalue weighted by molar-refractivity contribution is 0.278. The third-order valence-electron chi connectivity index (χ3n) is 2.07. The van der Waals surface area contributed by atoms with Crippen LogP contribution in [0.5, 0.6) is 0 Å². The first-order valence-electron chi connectivity index (χ1n) is 4.65. The van der Waals surface area contributed by atoms with E-state index in [0.29, 0.717) is 17.0 Å². The Balaban J connectivity index is 2.75. The van der Waals surface area contributed by atoms with E-state index in [-0.39, 0.29) is 17.8 Å². The van der Waals surface area contributed by atoms with Crippen molar-refractivity contribution in [3.05, 3.63) is 10.7 Å². The zero-order chi connectivity index (χ0) is 11.3. The predicted octanol–water partition coefficient (Wildman–Crippen LogP) is 2.24. The SMILES string of the molecule is CCC(CCO)Nc1snc(Cl)c1C#N. The van der Waals surface area contributed by atoms with Crippen molar-refractivity contribution in [1.29, 1.82) is 5.26 Å². The van der Waals surface area contributed by atoms with Crippen molar-refractivity contribution in [3.8, 4) is 6.07 Å². The summed E-state index contributed by atoms with van der Waals surface area (Å²) in [5, 5.41) is 21.8. The second-order valence-electron chi connectivity index (χ2n) is 3.05. The molecular weight excluding hydrogens is 234 g/mol. The van der Waals surface area contributed by atoms with E-state index >= 15 is 0 Å². The van der Waals surface area contributed by atoms with Gasteiger partial charge < -0.3 is 10.4 Å². The lowest BCUT2D eigenvalue weighted by Crippen LogP contribution is -2.19. The fraction of sp³-hybridized carbons (Fsp3) is 0.556. The third-order valence-corrected chi connectivity index (χ3v) is 3.22. The molecule has 0 aliphatic carbocycles. The Bertz CT molecular complexity index is 361. The van der Waals surface area contributed by atoms with Crippen LogP contribution in [0, 0.1) is 11.3 Å². The monoisotopic (exact) mass is 245 g/mol. The van der Waals surface area contributed by atoms with Gasteiger partial charge in [-0.2, -0.15) is 9.64 Å². The van der Waals surface area contributed by atoms with Gasteiger partial charge in [-0.25, -0.2) is 0 Å². The highest BCUT2D eigenvalue weighted by atomic mass is 35.5. The smallest absolute Gasteiger partial charge is 0.162 e. The fourth-order valence-electron chi connectivity index (χ4n) is 1.19. The number of nitriles is 1. The molecule has 1 atom stereocenters. The van der Waals surface area contributed by atoms with Gasteiger partial charge in [0, 0.05) is 12.6 Å². The first-order chi connectivity index (χ1) is 7.22. The van der Waals surface area contributed by atoms with Crippen LogP contribution in [0.4, 0.5) is 5.00 Å². The molecule has 82 valence electrons. The first kappa shape index (κ1) is 12.2. The number of nitrogens with one attached hydrogen (secondary N) is 1. The molecule has 1 aromatic rings. The molecule has 0 aromatic carbocycles. The number of aliphatic hydroxyl groups excluding tert-OH is 1. The maximum atomic E-state index is 8.85. The molecule has 0 amide bonds. The highest BCUT2D eigenvalue weighted by Crippen LogP contribution is 2.28. The molecule has 1 aromatic heterocycles. The van der Waals surface area contributed by atoms with Crippen molar-refractivity contribution in [2.24, 2.45) is 0 Å². The van der Waals surface area contributed by atoms with Crippen molar-refractivity contribution in [3.63, 3.8) is 0 Å². The molecule has 6 heteroatoms. The normalized spacial score (nSPS) is 12.1. The maximum absolute atomic E-state index is 8.85. The Morgan fingerprint density at radius 2 is 2.47 bits per heavy atom. The van der Waals surface area contributed by atoms with Crippen molar-refractivity contribution < 1.29 is 5.11 Å². The largest absolute Gasteiger partial charge is 0.396 e. The van der Waals surface area contributed by atoms with E-state index in [1.54, 1.807) is 0 Å². The number of anilines is 1. The minimum atomic E-state index is 0.125. The lowest BCUT2D eigenvalue weighted by Gasteiger charge is -2.15. The molecule has 1 heterocycles. The average Bonchev–Trinajstić information content (AvgIpc) is 2.58. The summed E-state index contributed by atoms with van der Waals surface area (Å²) in [7, 11) is 0. The Morgan fingerprint density at radius 1 is 1.73 bits per heavy atom. The van der Waals surface area contributed by atoms with Gasteiger partial charge in [-0.05, 0) is 24.4 Å². The molecule has 0 bridgehead atoms. The number of halogens is 1. The van der Waals surface area contributed by atoms with Gasteiger partial charge in [0.25, 0.3) is 0 Å². The molecular formula is C9H12ClN3OS. The molecule has 0 aliphatic rings. The highest BCUT2D eigenvalue weighted by Gasteiger charge is 2.14. The van der Waals surface area contributed by atoms with Gasteiger partial charge in [-0.15, -0.1) is 0 Å². The van der Waals surface area contributed by atoms with Gasteiger partial charge >= 0.3 is 0 Å². The summed E-state index contributed by atoms with van der Waals surface area (Å²) in [6.45, 7) is 2.14. The van der Waals surface area contributed by atoms with Crippen molar-refractivity contribution in [1.82, 2.24) is 4.37 Å². The van der Waals surface area contributed by atoms with Crippen LogP contribution in [0.1, 0.15) is 25.3 Å². The van der Waals surface area contributed by atoms with Crippen molar-refractivity contribution in [2.75, 3.05) is 11.9 Å². The number of hydrogen-bond donors (Lipinski definition) is 2. The van der Waals surface area contributed by atoms with E-state index in [1.165, 1.54) is 11.5 Å². The molecule has 0 aliphatic heterocycles. The van der Waals surface area contributed by atoms with E-state index < -0.39 is 0 Å². The van der Waals surface area contributed by atoms with Crippen LogP contribution in [-0.4, -0.2) is 22.1 Å². The molecule has 0 saturated carbocycles. The summed E-state index contributed by atoms with van der Waals surface area (Å²) in [5.41, 5.74) is 0.387. The zero-order valence-corrected chi connectivity index (χ0v) is 9.90. The number of rotatable bonds is 5. The van der Waals surface area contributed by atoms with Crippen LogP contribution in [0.15, 0.2) is 0 Å². The fourth-order valence-corrected chi connectivity index (χ4v) is 2.20. The van der Waals surface area contributed by atoms with Gasteiger partial charge in [0.05, 0.1) is 0 Å². The van der Waals surface area contributed by atoms with E-state index in [1.807, 2.05) is 13.0 Å². The molecule has 1 unspecified atom stereocenters. The molecule has 15 heavy (non-hydrogen) atoms. The average molecular weight is 246 g/mol. The van der Waals surface area contributed by atoms with Gasteiger partial charge in [0.15, 0.2) is 5.15 Å². The van der Waals surface area contributed by atoms with Gasteiger partial charge in [0.1, 0.15) is 16.6 Å². The maximum Gasteiger partial charge on any atom is 0.162 e. The van der Waals surface area contributed by atoms with E-state index in [4.69, 9.17) is 22.0 Å². The standard InChI is InChI=1S/C9H12ClN3OS/c1-2-6(3-4-14)12-9-7(5-11)8(10)13-15-9/h6,12,14H,2-4H2,1H3. The van der Waals surface area contributed by atoms with Crippen LogP contribution in [0.25, 0.3) is 0 Å². The summed E-state index contributed by atoms with van der Waals surface area (Å²) >= 11 is 6.91. The highest BCUT2D eigenvalue weighted by molar-refractivity contribution is 7.10. The number of aromatic nitrogens is 1. The van der Waals surface area contributed by atoms with Gasteiger partial charge in [-0.1, -0.05) is 18.5 Å². The third kappa shape index (κ3) is 3.06. The summed E-state index contributed by atoms with van der Waals surface area (Å²) in [6, 6.07) is 2.16. The van der Waals surface area contributed by atoms with Crippen LogP contribution in [-0.2, 0) is 0 Å². The van der Waals surface area contributed by atoms with E-state index in [0.717, 1.165) is 6.42 Å². The molecule has 2 N–H and O–H groups in total. The Morgan fingerprint density at radius 3 is 3.00 bits per heavy atom. The molecule has 1 rings (SSSR count). The first-order valence-corrected chi connectivity index (χ1v) is 5.80. The molecule has 0 saturated heterocycles.